The fraction of sp³-hybridized carbons (Fsp3) is 0.846. The highest BCUT2D eigenvalue weighted by Crippen LogP contribution is 2.05. The van der Waals surface area contributed by atoms with Gasteiger partial charge in [-0.25, -0.2) is 0 Å². The number of ether oxygens (including phenoxy) is 4. The Balaban J connectivity index is 3.67. The molecule has 120 valence electrons. The van der Waals surface area contributed by atoms with Crippen LogP contribution in [-0.2, 0) is 28.5 Å². The van der Waals surface area contributed by atoms with Gasteiger partial charge in [-0.05, 0) is 20.0 Å². The molecule has 2 radical (unpaired) electrons. The molecule has 0 amide bonds. The normalized spacial score (nSPS) is 14.0. The minimum Gasteiger partial charge on any atom is -0.463 e. The second-order valence-electron chi connectivity index (χ2n) is 4.54. The number of rotatable bonds is 12. The van der Waals surface area contributed by atoms with E-state index in [-0.39, 0.29) is 25.6 Å². The molecule has 0 saturated carbocycles. The monoisotopic (exact) mass is 318 g/mol. The predicted octanol–water partition coefficient (Wildman–Crippen LogP) is 1.05. The van der Waals surface area contributed by atoms with Gasteiger partial charge in [0.1, 0.15) is 20.3 Å². The molecule has 0 aliphatic carbocycles. The Morgan fingerprint density at radius 3 is 2.33 bits per heavy atom. The zero-order valence-corrected chi connectivity index (χ0v) is 13.9. The van der Waals surface area contributed by atoms with Gasteiger partial charge in [0.2, 0.25) is 0 Å². The molecule has 0 bridgehead atoms. The quantitative estimate of drug-likeness (QED) is 0.232. The van der Waals surface area contributed by atoms with E-state index in [9.17, 15) is 9.59 Å². The number of hydrogen-bond donors (Lipinski definition) is 0. The SMILES string of the molecule is [B]PCCOCCOC(=O)CC(C)OC(=O)CC(C)OC. The summed E-state index contributed by atoms with van der Waals surface area (Å²) in [6.45, 7) is 4.52. The molecule has 6 nitrogen and oxygen atoms in total. The number of carbonyl (C=O) groups is 2. The summed E-state index contributed by atoms with van der Waals surface area (Å²) in [6, 6.07) is 0. The molecule has 3 atom stereocenters. The van der Waals surface area contributed by atoms with Gasteiger partial charge < -0.3 is 18.9 Å². The van der Waals surface area contributed by atoms with Crippen LogP contribution in [0.15, 0.2) is 0 Å². The Bertz CT molecular complexity index is 302. The first-order valence-corrected chi connectivity index (χ1v) is 8.17. The van der Waals surface area contributed by atoms with Gasteiger partial charge in [0, 0.05) is 13.7 Å². The summed E-state index contributed by atoms with van der Waals surface area (Å²) in [4.78, 5) is 23.0. The van der Waals surface area contributed by atoms with Crippen molar-refractivity contribution in [2.45, 2.75) is 38.9 Å². The van der Waals surface area contributed by atoms with E-state index in [4.69, 9.17) is 26.5 Å². The molecule has 0 aromatic rings. The molecule has 21 heavy (non-hydrogen) atoms. The lowest BCUT2D eigenvalue weighted by Gasteiger charge is -2.14. The van der Waals surface area contributed by atoms with Crippen LogP contribution in [0.1, 0.15) is 26.7 Å². The van der Waals surface area contributed by atoms with Crippen molar-refractivity contribution in [1.29, 1.82) is 0 Å². The van der Waals surface area contributed by atoms with Crippen LogP contribution in [0, 0.1) is 0 Å². The number of methoxy groups -OCH3 is 1. The van der Waals surface area contributed by atoms with Gasteiger partial charge in [0.15, 0.2) is 0 Å². The van der Waals surface area contributed by atoms with E-state index in [0.29, 0.717) is 21.7 Å². The highest BCUT2D eigenvalue weighted by atomic mass is 31.1. The van der Waals surface area contributed by atoms with Crippen LogP contribution in [-0.4, -0.2) is 64.8 Å². The van der Waals surface area contributed by atoms with E-state index in [0.717, 1.165) is 6.16 Å². The molecule has 0 aromatic heterocycles. The molecule has 0 heterocycles. The summed E-state index contributed by atoms with van der Waals surface area (Å²) < 4.78 is 20.2. The maximum atomic E-state index is 11.5. The third-order valence-corrected chi connectivity index (χ3v) is 3.02. The van der Waals surface area contributed by atoms with Crippen LogP contribution in [0.5, 0.6) is 0 Å². The Kier molecular flexibility index (Phi) is 12.6. The third-order valence-electron chi connectivity index (χ3n) is 2.52. The van der Waals surface area contributed by atoms with E-state index < -0.39 is 18.0 Å². The first-order chi connectivity index (χ1) is 9.99. The van der Waals surface area contributed by atoms with Gasteiger partial charge in [-0.2, -0.15) is 8.46 Å². The van der Waals surface area contributed by atoms with E-state index in [2.05, 4.69) is 0 Å². The van der Waals surface area contributed by atoms with Crippen LogP contribution in [0.3, 0.4) is 0 Å². The highest BCUT2D eigenvalue weighted by Gasteiger charge is 2.16. The molecule has 3 unspecified atom stereocenters. The first kappa shape index (κ1) is 20.4. The molecular formula is C13H24BO6P. The lowest BCUT2D eigenvalue weighted by Crippen LogP contribution is -2.23. The fourth-order valence-electron chi connectivity index (χ4n) is 1.37. The van der Waals surface area contributed by atoms with E-state index in [1.807, 2.05) is 0 Å². The molecule has 8 heteroatoms. The van der Waals surface area contributed by atoms with Crippen molar-refractivity contribution < 1.29 is 28.5 Å². The number of hydrogen-bond acceptors (Lipinski definition) is 6. The molecule has 0 fully saturated rings. The van der Waals surface area contributed by atoms with Gasteiger partial charge in [-0.1, -0.05) is 0 Å². The number of esters is 2. The third kappa shape index (κ3) is 12.8. The average Bonchev–Trinajstić information content (AvgIpc) is 2.41. The van der Waals surface area contributed by atoms with E-state index >= 15 is 0 Å². The van der Waals surface area contributed by atoms with Crippen molar-refractivity contribution in [2.24, 2.45) is 0 Å². The van der Waals surface area contributed by atoms with Gasteiger partial charge in [-0.15, -0.1) is 0 Å². The zero-order chi connectivity index (χ0) is 16.1. The Morgan fingerprint density at radius 1 is 1.05 bits per heavy atom. The molecular weight excluding hydrogens is 294 g/mol. The Morgan fingerprint density at radius 2 is 1.71 bits per heavy atom. The zero-order valence-electron chi connectivity index (χ0n) is 12.9. The van der Waals surface area contributed by atoms with Crippen LogP contribution in [0.2, 0.25) is 0 Å². The maximum absolute atomic E-state index is 11.5. The second kappa shape index (κ2) is 13.0. The van der Waals surface area contributed by atoms with Gasteiger partial charge in [0.05, 0.1) is 25.6 Å². The number of carbonyl (C=O) groups excluding carboxylic acids is 2. The minimum absolute atomic E-state index is 0.0251. The van der Waals surface area contributed by atoms with Gasteiger partial charge in [0.25, 0.3) is 0 Å². The average molecular weight is 318 g/mol. The van der Waals surface area contributed by atoms with Crippen molar-refractivity contribution in [2.75, 3.05) is 33.1 Å². The summed E-state index contributed by atoms with van der Waals surface area (Å²) in [5.74, 6) is -0.810. The van der Waals surface area contributed by atoms with Gasteiger partial charge >= 0.3 is 11.9 Å². The minimum atomic E-state index is -0.520. The van der Waals surface area contributed by atoms with Crippen LogP contribution in [0.25, 0.3) is 0 Å². The Hall–Kier alpha value is -0.645. The summed E-state index contributed by atoms with van der Waals surface area (Å²) in [5, 5.41) is 0. The molecule has 0 aromatic carbocycles. The smallest absolute Gasteiger partial charge is 0.309 e. The highest BCUT2D eigenvalue weighted by molar-refractivity contribution is 7.66. The molecule has 0 rings (SSSR count). The van der Waals surface area contributed by atoms with Gasteiger partial charge in [-0.3, -0.25) is 9.59 Å². The Labute approximate surface area is 129 Å². The van der Waals surface area contributed by atoms with Crippen molar-refractivity contribution in [1.82, 2.24) is 0 Å². The molecule has 0 N–H and O–H groups in total. The van der Waals surface area contributed by atoms with E-state index in [1.54, 1.807) is 13.8 Å². The van der Waals surface area contributed by atoms with Crippen molar-refractivity contribution >= 4 is 28.0 Å². The predicted molar refractivity (Wildman–Crippen MR) is 82.0 cm³/mol. The fourth-order valence-corrected chi connectivity index (χ4v) is 1.64. The van der Waals surface area contributed by atoms with E-state index in [1.165, 1.54) is 7.11 Å². The summed E-state index contributed by atoms with van der Waals surface area (Å²) >= 11 is 0. The van der Waals surface area contributed by atoms with Crippen LogP contribution >= 0.6 is 8.46 Å². The van der Waals surface area contributed by atoms with Crippen molar-refractivity contribution in [3.63, 3.8) is 0 Å². The summed E-state index contributed by atoms with van der Waals surface area (Å²) in [6.07, 6.45) is 0.264. The molecule has 0 aliphatic heterocycles. The lowest BCUT2D eigenvalue weighted by atomic mass is 10.2. The maximum Gasteiger partial charge on any atom is 0.309 e. The lowest BCUT2D eigenvalue weighted by molar-refractivity contribution is -0.156. The molecule has 0 saturated heterocycles. The molecule has 0 aliphatic rings. The van der Waals surface area contributed by atoms with Crippen LogP contribution < -0.4 is 0 Å². The molecule has 0 spiro atoms. The summed E-state index contributed by atoms with van der Waals surface area (Å²) in [5.41, 5.74) is 0. The largest absolute Gasteiger partial charge is 0.463 e. The topological polar surface area (TPSA) is 71.1 Å². The second-order valence-corrected chi connectivity index (χ2v) is 5.45. The van der Waals surface area contributed by atoms with Crippen molar-refractivity contribution in [3.8, 4) is 0 Å². The van der Waals surface area contributed by atoms with Crippen LogP contribution in [0.4, 0.5) is 0 Å². The first-order valence-electron chi connectivity index (χ1n) is 6.88. The standard InChI is InChI=1S/C13H24BO6P/c1-10(17-3)8-13(16)20-11(2)9-12(15)19-5-4-18-6-7-21-14/h10-11,21H,4-9H2,1-3H3. The summed E-state index contributed by atoms with van der Waals surface area (Å²) in [7, 11) is 7.23. The van der Waals surface area contributed by atoms with Crippen molar-refractivity contribution in [3.05, 3.63) is 0 Å².